The van der Waals surface area contributed by atoms with Crippen LogP contribution in [0.4, 0.5) is 13.2 Å². The van der Waals surface area contributed by atoms with Crippen molar-refractivity contribution in [2.24, 2.45) is 10.9 Å². The minimum Gasteiger partial charge on any atom is -0.480 e. The molecular weight excluding hydrogens is 451 g/mol. The monoisotopic (exact) mass is 475 g/mol. The first kappa shape index (κ1) is 27.6. The lowest BCUT2D eigenvalue weighted by molar-refractivity contribution is -0.192. The van der Waals surface area contributed by atoms with Crippen LogP contribution >= 0.6 is 0 Å². The van der Waals surface area contributed by atoms with Gasteiger partial charge in [0.1, 0.15) is 6.61 Å². The molecule has 0 aromatic heterocycles. The van der Waals surface area contributed by atoms with E-state index in [1.54, 1.807) is 29.2 Å². The van der Waals surface area contributed by atoms with E-state index < -0.39 is 18.1 Å². The number of nitrogens with zero attached hydrogens (tertiary/aromatic N) is 2. The molecule has 1 aliphatic heterocycles. The number of ether oxygens (including phenoxy) is 1. The number of Topliss-reactive ketones (excluding diaryl/α,β-unsaturated/α-hetero) is 1. The Bertz CT molecular complexity index is 849. The smallest absolute Gasteiger partial charge is 0.480 e. The Morgan fingerprint density at radius 1 is 1.09 bits per heavy atom. The molecule has 10 nitrogen and oxygen atoms in total. The average Bonchev–Trinajstić information content (AvgIpc) is 2.76. The first-order valence-corrected chi connectivity index (χ1v) is 9.71. The molecule has 0 spiro atoms. The second-order valence-electron chi connectivity index (χ2n) is 6.91. The third kappa shape index (κ3) is 10.6. The van der Waals surface area contributed by atoms with Gasteiger partial charge in [-0.25, -0.2) is 9.59 Å². The highest BCUT2D eigenvalue weighted by Crippen LogP contribution is 2.16. The van der Waals surface area contributed by atoms with Gasteiger partial charge in [0.25, 0.3) is 0 Å². The molecule has 1 amide bonds. The molecule has 1 aromatic carbocycles. The first-order chi connectivity index (χ1) is 15.4. The number of carbonyl (C=O) groups is 4. The molecule has 2 rings (SSSR count). The highest BCUT2D eigenvalue weighted by Gasteiger charge is 2.38. The number of alkyl halides is 3. The number of amides is 1. The van der Waals surface area contributed by atoms with Crippen molar-refractivity contribution in [3.05, 3.63) is 35.4 Å². The van der Waals surface area contributed by atoms with E-state index in [1.807, 2.05) is 0 Å². The molecule has 13 heteroatoms. The second-order valence-corrected chi connectivity index (χ2v) is 6.91. The van der Waals surface area contributed by atoms with E-state index in [-0.39, 0.29) is 37.2 Å². The van der Waals surface area contributed by atoms with E-state index in [9.17, 15) is 27.6 Å². The fourth-order valence-electron chi connectivity index (χ4n) is 2.83. The fourth-order valence-corrected chi connectivity index (χ4v) is 2.83. The number of rotatable bonds is 8. The Balaban J connectivity index is 0.000000675. The van der Waals surface area contributed by atoms with Crippen molar-refractivity contribution >= 4 is 29.8 Å². The molecule has 1 fully saturated rings. The number of hydrogen-bond donors (Lipinski definition) is 3. The van der Waals surface area contributed by atoms with Gasteiger partial charge in [-0.2, -0.15) is 18.3 Å². The zero-order valence-electron chi connectivity index (χ0n) is 17.5. The Hall–Kier alpha value is -3.48. The number of halogens is 3. The maximum atomic E-state index is 12.3. The van der Waals surface area contributed by atoms with E-state index in [4.69, 9.17) is 25.6 Å². The summed E-state index contributed by atoms with van der Waals surface area (Å²) in [7, 11) is 0. The summed E-state index contributed by atoms with van der Waals surface area (Å²) in [6.07, 6.45) is -2.20. The summed E-state index contributed by atoms with van der Waals surface area (Å²) in [4.78, 5) is 45.5. The van der Waals surface area contributed by atoms with Crippen LogP contribution in [-0.2, 0) is 19.1 Å². The summed E-state index contributed by atoms with van der Waals surface area (Å²) in [5, 5.41) is 19.2. The van der Waals surface area contributed by atoms with E-state index in [0.29, 0.717) is 31.5 Å². The standard InChI is InChI=1S/C18H23N3O5.C2HF3O2/c19-20-11-13-1-3-14(4-2-13)16(22)5-6-17(23)21-9-7-15(8-10-21)26-12-18(24)25;3-2(4,5)1(6)7/h1-4,11,15H,5-10,12,19H2,(H,24,25);(H,6,7). The van der Waals surface area contributed by atoms with E-state index in [1.165, 1.54) is 6.21 Å². The van der Waals surface area contributed by atoms with Crippen molar-refractivity contribution < 1.29 is 47.3 Å². The Morgan fingerprint density at radius 2 is 1.64 bits per heavy atom. The molecule has 0 aliphatic carbocycles. The Labute approximate surface area is 186 Å². The molecular formula is C20H24F3N3O7. The van der Waals surface area contributed by atoms with Crippen LogP contribution in [0.15, 0.2) is 29.4 Å². The summed E-state index contributed by atoms with van der Waals surface area (Å²) in [5.74, 6) is 1.17. The molecule has 1 aliphatic rings. The van der Waals surface area contributed by atoms with E-state index in [2.05, 4.69) is 5.10 Å². The number of hydrazone groups is 1. The molecule has 0 bridgehead atoms. The predicted octanol–water partition coefficient (Wildman–Crippen LogP) is 1.67. The van der Waals surface area contributed by atoms with Gasteiger partial charge in [-0.3, -0.25) is 9.59 Å². The number of benzene rings is 1. The summed E-state index contributed by atoms with van der Waals surface area (Å²) in [5.41, 5.74) is 1.35. The Morgan fingerprint density at radius 3 is 2.09 bits per heavy atom. The lowest BCUT2D eigenvalue weighted by Crippen LogP contribution is -2.41. The van der Waals surface area contributed by atoms with Gasteiger partial charge < -0.3 is 25.7 Å². The minimum atomic E-state index is -5.08. The third-order valence-electron chi connectivity index (χ3n) is 4.50. The number of carbonyl (C=O) groups excluding carboxylic acids is 2. The van der Waals surface area contributed by atoms with Crippen molar-refractivity contribution in [2.45, 2.75) is 38.0 Å². The summed E-state index contributed by atoms with van der Waals surface area (Å²) >= 11 is 0. The number of nitrogens with two attached hydrogens (primary N) is 1. The quantitative estimate of drug-likeness (QED) is 0.222. The topological polar surface area (TPSA) is 160 Å². The number of carboxylic acids is 2. The van der Waals surface area contributed by atoms with Crippen LogP contribution in [0.3, 0.4) is 0 Å². The maximum Gasteiger partial charge on any atom is 0.490 e. The van der Waals surface area contributed by atoms with Crippen LogP contribution in [0.1, 0.15) is 41.6 Å². The van der Waals surface area contributed by atoms with Crippen molar-refractivity contribution in [1.29, 1.82) is 0 Å². The Kier molecular flexibility index (Phi) is 11.0. The van der Waals surface area contributed by atoms with Crippen molar-refractivity contribution in [3.63, 3.8) is 0 Å². The van der Waals surface area contributed by atoms with Gasteiger partial charge in [-0.05, 0) is 18.4 Å². The number of carboxylic acid groups (broad SMARTS) is 2. The molecule has 0 radical (unpaired) electrons. The van der Waals surface area contributed by atoms with E-state index >= 15 is 0 Å². The average molecular weight is 475 g/mol. The van der Waals surface area contributed by atoms with Gasteiger partial charge >= 0.3 is 18.1 Å². The molecule has 1 heterocycles. The maximum absolute atomic E-state index is 12.3. The van der Waals surface area contributed by atoms with Crippen LogP contribution < -0.4 is 5.84 Å². The summed E-state index contributed by atoms with van der Waals surface area (Å²) in [6.45, 7) is 0.720. The zero-order chi connectivity index (χ0) is 25.0. The lowest BCUT2D eigenvalue weighted by Gasteiger charge is -2.31. The van der Waals surface area contributed by atoms with Crippen LogP contribution in [-0.4, -0.2) is 76.9 Å². The highest BCUT2D eigenvalue weighted by molar-refractivity contribution is 5.98. The molecule has 182 valence electrons. The third-order valence-corrected chi connectivity index (χ3v) is 4.50. The lowest BCUT2D eigenvalue weighted by atomic mass is 10.0. The van der Waals surface area contributed by atoms with Crippen LogP contribution in [0.5, 0.6) is 0 Å². The molecule has 0 saturated carbocycles. The second kappa shape index (κ2) is 13.2. The van der Waals surface area contributed by atoms with Gasteiger partial charge in [-0.1, -0.05) is 24.3 Å². The van der Waals surface area contributed by atoms with Crippen LogP contribution in [0.25, 0.3) is 0 Å². The van der Waals surface area contributed by atoms with Crippen molar-refractivity contribution in [2.75, 3.05) is 19.7 Å². The molecule has 1 aromatic rings. The highest BCUT2D eigenvalue weighted by atomic mass is 19.4. The largest absolute Gasteiger partial charge is 0.490 e. The molecule has 1 saturated heterocycles. The fraction of sp³-hybridized carbons (Fsp3) is 0.450. The molecule has 33 heavy (non-hydrogen) atoms. The van der Waals surface area contributed by atoms with Gasteiger partial charge in [0.15, 0.2) is 5.78 Å². The van der Waals surface area contributed by atoms with E-state index in [0.717, 1.165) is 5.56 Å². The normalized spacial score (nSPS) is 14.5. The van der Waals surface area contributed by atoms with Crippen molar-refractivity contribution in [3.8, 4) is 0 Å². The SMILES string of the molecule is NN=Cc1ccc(C(=O)CCC(=O)N2CCC(OCC(=O)O)CC2)cc1.O=C(O)C(F)(F)F. The molecule has 0 unspecified atom stereocenters. The number of ketones is 1. The van der Waals surface area contributed by atoms with Crippen LogP contribution in [0, 0.1) is 0 Å². The number of piperidine rings is 1. The molecule has 0 atom stereocenters. The zero-order valence-corrected chi connectivity index (χ0v) is 17.5. The van der Waals surface area contributed by atoms with Gasteiger partial charge in [-0.15, -0.1) is 0 Å². The predicted molar refractivity (Wildman–Crippen MR) is 109 cm³/mol. The number of likely N-dealkylation sites (tertiary alicyclic amines) is 1. The first-order valence-electron chi connectivity index (χ1n) is 9.71. The number of hydrogen-bond acceptors (Lipinski definition) is 7. The minimum absolute atomic E-state index is 0.0677. The summed E-state index contributed by atoms with van der Waals surface area (Å²) < 4.78 is 37.0. The molecule has 4 N–H and O–H groups in total. The number of aliphatic carboxylic acids is 2. The van der Waals surface area contributed by atoms with Gasteiger partial charge in [0, 0.05) is 31.5 Å². The van der Waals surface area contributed by atoms with Gasteiger partial charge in [0.05, 0.1) is 12.3 Å². The van der Waals surface area contributed by atoms with Crippen LogP contribution in [0.2, 0.25) is 0 Å². The summed E-state index contributed by atoms with van der Waals surface area (Å²) in [6, 6.07) is 6.87. The van der Waals surface area contributed by atoms with Crippen molar-refractivity contribution in [1.82, 2.24) is 4.90 Å². The van der Waals surface area contributed by atoms with Gasteiger partial charge in [0.2, 0.25) is 5.91 Å².